The largest absolute Gasteiger partial charge is 0.474 e. The van der Waals surface area contributed by atoms with Crippen LogP contribution in [0.5, 0.6) is 11.5 Å². The predicted molar refractivity (Wildman–Crippen MR) is 122 cm³/mol. The fourth-order valence-corrected chi connectivity index (χ4v) is 3.76. The van der Waals surface area contributed by atoms with Gasteiger partial charge in [0.15, 0.2) is 5.76 Å². The van der Waals surface area contributed by atoms with Gasteiger partial charge in [-0.2, -0.15) is 0 Å². The standard InChI is InChI=1S/C25H18Cl2O5/c1-2-30-25(29)24(15-7-4-3-5-8-15)31-16-11-12-17-21(13-16)32-22(23(17)28)14-18-19(26)9-6-10-20(18)27/h3-14,24H,2H2,1H3/b22-14-/t24-/m0/s1. The number of carbonyl (C=O) groups is 2. The Morgan fingerprint density at radius 1 is 1.03 bits per heavy atom. The molecule has 0 spiro atoms. The highest BCUT2D eigenvalue weighted by atomic mass is 35.5. The Labute approximate surface area is 195 Å². The van der Waals surface area contributed by atoms with E-state index < -0.39 is 12.1 Å². The molecule has 1 atom stereocenters. The van der Waals surface area contributed by atoms with Gasteiger partial charge in [-0.15, -0.1) is 0 Å². The van der Waals surface area contributed by atoms with E-state index in [-0.39, 0.29) is 18.1 Å². The minimum atomic E-state index is -0.955. The number of fused-ring (bicyclic) bond motifs is 1. The fraction of sp³-hybridized carbons (Fsp3) is 0.120. The maximum absolute atomic E-state index is 12.8. The van der Waals surface area contributed by atoms with Crippen LogP contribution in [0.3, 0.4) is 0 Å². The number of hydrogen-bond acceptors (Lipinski definition) is 5. The molecule has 0 aliphatic carbocycles. The Kier molecular flexibility index (Phi) is 6.49. The first-order chi connectivity index (χ1) is 15.5. The summed E-state index contributed by atoms with van der Waals surface area (Å²) < 4.78 is 16.9. The van der Waals surface area contributed by atoms with E-state index >= 15 is 0 Å². The lowest BCUT2D eigenvalue weighted by Crippen LogP contribution is -2.21. The van der Waals surface area contributed by atoms with Crippen molar-refractivity contribution < 1.29 is 23.8 Å². The number of hydrogen-bond donors (Lipinski definition) is 0. The van der Waals surface area contributed by atoms with Gasteiger partial charge in [0.2, 0.25) is 11.9 Å². The Bertz CT molecular complexity index is 1180. The van der Waals surface area contributed by atoms with Crippen molar-refractivity contribution >= 4 is 41.0 Å². The Morgan fingerprint density at radius 3 is 2.44 bits per heavy atom. The highest BCUT2D eigenvalue weighted by Crippen LogP contribution is 2.37. The van der Waals surface area contributed by atoms with Crippen molar-refractivity contribution in [1.29, 1.82) is 0 Å². The second-order valence-electron chi connectivity index (χ2n) is 6.89. The van der Waals surface area contributed by atoms with E-state index in [1.54, 1.807) is 55.5 Å². The smallest absolute Gasteiger partial charge is 0.352 e. The van der Waals surface area contributed by atoms with Crippen LogP contribution in [0.1, 0.15) is 34.5 Å². The van der Waals surface area contributed by atoms with Gasteiger partial charge >= 0.3 is 5.97 Å². The van der Waals surface area contributed by atoms with Crippen molar-refractivity contribution in [3.8, 4) is 11.5 Å². The van der Waals surface area contributed by atoms with Gasteiger partial charge in [0.05, 0.1) is 12.2 Å². The number of halogens is 2. The van der Waals surface area contributed by atoms with E-state index in [4.69, 9.17) is 37.4 Å². The van der Waals surface area contributed by atoms with Crippen molar-refractivity contribution in [2.75, 3.05) is 6.61 Å². The van der Waals surface area contributed by atoms with Crippen molar-refractivity contribution in [3.63, 3.8) is 0 Å². The lowest BCUT2D eigenvalue weighted by Gasteiger charge is -2.18. The molecular weight excluding hydrogens is 451 g/mol. The number of ether oxygens (including phenoxy) is 3. The van der Waals surface area contributed by atoms with Gasteiger partial charge in [-0.05, 0) is 37.3 Å². The average Bonchev–Trinajstić information content (AvgIpc) is 3.10. The third kappa shape index (κ3) is 4.49. The van der Waals surface area contributed by atoms with Crippen LogP contribution in [0.25, 0.3) is 6.08 Å². The summed E-state index contributed by atoms with van der Waals surface area (Å²) >= 11 is 12.4. The zero-order valence-electron chi connectivity index (χ0n) is 17.0. The van der Waals surface area contributed by atoms with Crippen molar-refractivity contribution in [2.24, 2.45) is 0 Å². The summed E-state index contributed by atoms with van der Waals surface area (Å²) in [6, 6.07) is 18.9. The van der Waals surface area contributed by atoms with Gasteiger partial charge in [0.1, 0.15) is 11.5 Å². The van der Waals surface area contributed by atoms with Crippen LogP contribution in [0.2, 0.25) is 10.0 Å². The molecule has 0 amide bonds. The quantitative estimate of drug-likeness (QED) is 0.314. The van der Waals surface area contributed by atoms with Crippen LogP contribution in [0, 0.1) is 0 Å². The van der Waals surface area contributed by atoms with Gasteiger partial charge in [0.25, 0.3) is 0 Å². The van der Waals surface area contributed by atoms with Gasteiger partial charge in [0, 0.05) is 27.2 Å². The summed E-state index contributed by atoms with van der Waals surface area (Å²) in [4.78, 5) is 25.3. The Hall–Kier alpha value is -3.28. The second-order valence-corrected chi connectivity index (χ2v) is 7.71. The van der Waals surface area contributed by atoms with E-state index in [0.717, 1.165) is 0 Å². The molecule has 1 heterocycles. The second kappa shape index (κ2) is 9.47. The van der Waals surface area contributed by atoms with Crippen molar-refractivity contribution in [3.05, 3.63) is 99.2 Å². The number of ketones is 1. The van der Waals surface area contributed by atoms with Crippen LogP contribution in [-0.2, 0) is 9.53 Å². The van der Waals surface area contributed by atoms with Crippen LogP contribution in [0.4, 0.5) is 0 Å². The number of esters is 1. The molecule has 4 rings (SSSR count). The molecule has 0 N–H and O–H groups in total. The summed E-state index contributed by atoms with van der Waals surface area (Å²) in [5, 5.41) is 0.808. The molecule has 0 fully saturated rings. The minimum absolute atomic E-state index is 0.0946. The molecule has 3 aromatic rings. The van der Waals surface area contributed by atoms with Crippen LogP contribution in [-0.4, -0.2) is 18.4 Å². The molecule has 7 heteroatoms. The maximum atomic E-state index is 12.8. The summed E-state index contributed by atoms with van der Waals surface area (Å²) in [7, 11) is 0. The first kappa shape index (κ1) is 21.9. The number of allylic oxidation sites excluding steroid dienone is 1. The molecule has 32 heavy (non-hydrogen) atoms. The molecule has 5 nitrogen and oxygen atoms in total. The number of Topliss-reactive ketones (excluding diaryl/α,β-unsaturated/α-hetero) is 1. The lowest BCUT2D eigenvalue weighted by molar-refractivity contribution is -0.151. The van der Waals surface area contributed by atoms with E-state index in [9.17, 15) is 9.59 Å². The Morgan fingerprint density at radius 2 is 1.75 bits per heavy atom. The number of benzene rings is 3. The fourth-order valence-electron chi connectivity index (χ4n) is 3.25. The molecule has 0 unspecified atom stereocenters. The monoisotopic (exact) mass is 468 g/mol. The highest BCUT2D eigenvalue weighted by molar-refractivity contribution is 6.37. The molecule has 1 aliphatic heterocycles. The van der Waals surface area contributed by atoms with Crippen molar-refractivity contribution in [1.82, 2.24) is 0 Å². The van der Waals surface area contributed by atoms with Gasteiger partial charge in [-0.3, -0.25) is 4.79 Å². The molecule has 3 aromatic carbocycles. The van der Waals surface area contributed by atoms with Gasteiger partial charge < -0.3 is 14.2 Å². The first-order valence-electron chi connectivity index (χ1n) is 9.88. The summed E-state index contributed by atoms with van der Waals surface area (Å²) in [6.45, 7) is 1.96. The topological polar surface area (TPSA) is 61.8 Å². The molecule has 1 aliphatic rings. The Balaban J connectivity index is 1.62. The minimum Gasteiger partial charge on any atom is -0.474 e. The average molecular weight is 469 g/mol. The summed E-state index contributed by atoms with van der Waals surface area (Å²) in [5.74, 6) is -0.0390. The molecule has 0 saturated heterocycles. The predicted octanol–water partition coefficient (Wildman–Crippen LogP) is 6.29. The van der Waals surface area contributed by atoms with Crippen LogP contribution < -0.4 is 9.47 Å². The van der Waals surface area contributed by atoms with E-state index in [1.165, 1.54) is 6.08 Å². The summed E-state index contributed by atoms with van der Waals surface area (Å²) in [5.41, 5.74) is 1.52. The SMILES string of the molecule is CCOC(=O)[C@@H](Oc1ccc2c(c1)O/C(=C\c1c(Cl)cccc1Cl)C2=O)c1ccccc1. The highest BCUT2D eigenvalue weighted by Gasteiger charge is 2.30. The number of rotatable bonds is 6. The molecule has 0 radical (unpaired) electrons. The maximum Gasteiger partial charge on any atom is 0.352 e. The zero-order chi connectivity index (χ0) is 22.7. The van der Waals surface area contributed by atoms with Gasteiger partial charge in [-0.25, -0.2) is 4.79 Å². The van der Waals surface area contributed by atoms with E-state index in [1.807, 2.05) is 18.2 Å². The normalized spacial score (nSPS) is 14.6. The molecule has 0 aromatic heterocycles. The lowest BCUT2D eigenvalue weighted by atomic mass is 10.1. The number of carbonyl (C=O) groups excluding carboxylic acids is 2. The zero-order valence-corrected chi connectivity index (χ0v) is 18.5. The van der Waals surface area contributed by atoms with E-state index in [0.29, 0.717) is 38.2 Å². The third-order valence-corrected chi connectivity index (χ3v) is 5.43. The molecule has 0 saturated carbocycles. The van der Waals surface area contributed by atoms with Crippen molar-refractivity contribution in [2.45, 2.75) is 13.0 Å². The first-order valence-corrected chi connectivity index (χ1v) is 10.6. The van der Waals surface area contributed by atoms with Crippen LogP contribution in [0.15, 0.2) is 72.5 Å². The van der Waals surface area contributed by atoms with Gasteiger partial charge in [-0.1, -0.05) is 59.6 Å². The molecular formula is C25H18Cl2O5. The van der Waals surface area contributed by atoms with E-state index in [2.05, 4.69) is 0 Å². The molecule has 0 bridgehead atoms. The summed E-state index contributed by atoms with van der Waals surface area (Å²) in [6.07, 6.45) is 0.557. The molecule has 162 valence electrons. The van der Waals surface area contributed by atoms with Crippen LogP contribution >= 0.6 is 23.2 Å². The third-order valence-electron chi connectivity index (χ3n) is 4.77.